The van der Waals surface area contributed by atoms with Gasteiger partial charge in [-0.05, 0) is 55.3 Å². The first-order valence-corrected chi connectivity index (χ1v) is 7.68. The van der Waals surface area contributed by atoms with Crippen molar-refractivity contribution in [1.82, 2.24) is 4.98 Å². The van der Waals surface area contributed by atoms with E-state index in [0.717, 1.165) is 16.5 Å². The Labute approximate surface area is 143 Å². The zero-order chi connectivity index (χ0) is 18.1. The van der Waals surface area contributed by atoms with Gasteiger partial charge in [0, 0.05) is 16.6 Å². The van der Waals surface area contributed by atoms with Crippen molar-refractivity contribution in [2.45, 2.75) is 13.8 Å². The summed E-state index contributed by atoms with van der Waals surface area (Å²) in [4.78, 5) is 27.1. The predicted molar refractivity (Wildman–Crippen MR) is 93.5 cm³/mol. The number of amides is 1. The van der Waals surface area contributed by atoms with Crippen molar-refractivity contribution < 1.29 is 18.7 Å². The van der Waals surface area contributed by atoms with Gasteiger partial charge in [-0.3, -0.25) is 4.79 Å². The first-order chi connectivity index (χ1) is 11.9. The minimum atomic E-state index is -0.479. The molecule has 0 radical (unpaired) electrons. The standard InChI is InChI=1S/C19H17FN2O3/c1-10-4-5-12(19(24)25-3)7-15(10)22-18(23)17-9-14-11(2)6-13(20)8-16(14)21-17/h4-9,21H,1-3H3,(H,22,23). The van der Waals surface area contributed by atoms with Gasteiger partial charge in [0.15, 0.2) is 0 Å². The number of aromatic amines is 1. The Balaban J connectivity index is 1.92. The summed E-state index contributed by atoms with van der Waals surface area (Å²) in [5.41, 5.74) is 3.27. The number of nitrogens with one attached hydrogen (secondary N) is 2. The van der Waals surface area contributed by atoms with Crippen LogP contribution in [0.5, 0.6) is 0 Å². The molecule has 0 saturated carbocycles. The molecule has 128 valence electrons. The lowest BCUT2D eigenvalue weighted by molar-refractivity contribution is 0.0600. The van der Waals surface area contributed by atoms with Gasteiger partial charge < -0.3 is 15.0 Å². The van der Waals surface area contributed by atoms with Gasteiger partial charge in [-0.25, -0.2) is 9.18 Å². The molecule has 0 aliphatic heterocycles. The molecule has 0 unspecified atom stereocenters. The summed E-state index contributed by atoms with van der Waals surface area (Å²) in [6.07, 6.45) is 0. The monoisotopic (exact) mass is 340 g/mol. The molecule has 0 aliphatic rings. The molecule has 2 N–H and O–H groups in total. The van der Waals surface area contributed by atoms with Crippen LogP contribution in [0.4, 0.5) is 10.1 Å². The van der Waals surface area contributed by atoms with Crippen LogP contribution in [-0.4, -0.2) is 24.0 Å². The van der Waals surface area contributed by atoms with Crippen molar-refractivity contribution in [2.24, 2.45) is 0 Å². The molecule has 2 aromatic carbocycles. The molecule has 1 heterocycles. The zero-order valence-corrected chi connectivity index (χ0v) is 14.1. The van der Waals surface area contributed by atoms with Crippen molar-refractivity contribution >= 4 is 28.5 Å². The zero-order valence-electron chi connectivity index (χ0n) is 14.1. The summed E-state index contributed by atoms with van der Waals surface area (Å²) in [5, 5.41) is 3.55. The SMILES string of the molecule is COC(=O)c1ccc(C)c(NC(=O)c2cc3c(C)cc(F)cc3[nH]2)c1. The van der Waals surface area contributed by atoms with E-state index in [1.165, 1.54) is 19.2 Å². The lowest BCUT2D eigenvalue weighted by Crippen LogP contribution is -2.14. The van der Waals surface area contributed by atoms with Crippen molar-refractivity contribution in [2.75, 3.05) is 12.4 Å². The van der Waals surface area contributed by atoms with Crippen molar-refractivity contribution in [1.29, 1.82) is 0 Å². The van der Waals surface area contributed by atoms with Crippen LogP contribution in [0.1, 0.15) is 32.0 Å². The highest BCUT2D eigenvalue weighted by Gasteiger charge is 2.14. The third kappa shape index (κ3) is 3.24. The first-order valence-electron chi connectivity index (χ1n) is 7.68. The Bertz CT molecular complexity index is 992. The second-order valence-corrected chi connectivity index (χ2v) is 5.84. The maximum Gasteiger partial charge on any atom is 0.337 e. The van der Waals surface area contributed by atoms with Crippen LogP contribution in [0.15, 0.2) is 36.4 Å². The van der Waals surface area contributed by atoms with Crippen molar-refractivity contribution in [3.8, 4) is 0 Å². The van der Waals surface area contributed by atoms with E-state index < -0.39 is 5.97 Å². The summed E-state index contributed by atoms with van der Waals surface area (Å²) in [5.74, 6) is -1.21. The molecule has 0 atom stereocenters. The molecular weight excluding hydrogens is 323 g/mol. The molecule has 0 spiro atoms. The Morgan fingerprint density at radius 2 is 1.84 bits per heavy atom. The van der Waals surface area contributed by atoms with Crippen LogP contribution in [0.25, 0.3) is 10.9 Å². The van der Waals surface area contributed by atoms with E-state index in [0.29, 0.717) is 22.5 Å². The largest absolute Gasteiger partial charge is 0.465 e. The average Bonchev–Trinajstić information content (AvgIpc) is 3.00. The minimum absolute atomic E-state index is 0.312. The molecule has 25 heavy (non-hydrogen) atoms. The highest BCUT2D eigenvalue weighted by atomic mass is 19.1. The summed E-state index contributed by atoms with van der Waals surface area (Å²) in [6.45, 7) is 3.60. The van der Waals surface area contributed by atoms with Crippen molar-refractivity contribution in [3.05, 3.63) is 64.6 Å². The molecular formula is C19H17FN2O3. The van der Waals surface area contributed by atoms with Gasteiger partial charge in [-0.15, -0.1) is 0 Å². The number of H-pyrrole nitrogens is 1. The lowest BCUT2D eigenvalue weighted by Gasteiger charge is -2.09. The summed E-state index contributed by atoms with van der Waals surface area (Å²) in [7, 11) is 1.30. The van der Waals surface area contributed by atoms with Crippen LogP contribution in [0.2, 0.25) is 0 Å². The van der Waals surface area contributed by atoms with Crippen molar-refractivity contribution in [3.63, 3.8) is 0 Å². The summed E-state index contributed by atoms with van der Waals surface area (Å²) < 4.78 is 18.2. The number of hydrogen-bond donors (Lipinski definition) is 2. The molecule has 0 aliphatic carbocycles. The first kappa shape index (κ1) is 16.7. The van der Waals surface area contributed by atoms with Crippen LogP contribution in [0, 0.1) is 19.7 Å². The Kier molecular flexibility index (Phi) is 4.27. The number of hydrogen-bond acceptors (Lipinski definition) is 3. The Morgan fingerprint density at radius 3 is 2.56 bits per heavy atom. The molecule has 6 heteroatoms. The number of anilines is 1. The highest BCUT2D eigenvalue weighted by molar-refractivity contribution is 6.07. The maximum atomic E-state index is 13.5. The Morgan fingerprint density at radius 1 is 1.08 bits per heavy atom. The molecule has 3 aromatic rings. The summed E-state index contributed by atoms with van der Waals surface area (Å²) in [6, 6.07) is 9.37. The van der Waals surface area contributed by atoms with Gasteiger partial charge in [0.25, 0.3) is 5.91 Å². The number of methoxy groups -OCH3 is 1. The van der Waals surface area contributed by atoms with Crippen LogP contribution >= 0.6 is 0 Å². The van der Waals surface area contributed by atoms with Gasteiger partial charge in [0.1, 0.15) is 11.5 Å². The van der Waals surface area contributed by atoms with E-state index in [-0.39, 0.29) is 11.7 Å². The average molecular weight is 340 g/mol. The van der Waals surface area contributed by atoms with E-state index >= 15 is 0 Å². The topological polar surface area (TPSA) is 71.2 Å². The van der Waals surface area contributed by atoms with Gasteiger partial charge in [-0.2, -0.15) is 0 Å². The number of aromatic nitrogens is 1. The van der Waals surface area contributed by atoms with Crippen LogP contribution in [-0.2, 0) is 4.74 Å². The summed E-state index contributed by atoms with van der Waals surface area (Å²) >= 11 is 0. The number of carbonyl (C=O) groups excluding carboxylic acids is 2. The second-order valence-electron chi connectivity index (χ2n) is 5.84. The molecule has 1 amide bonds. The molecule has 0 saturated heterocycles. The fraction of sp³-hybridized carbons (Fsp3) is 0.158. The minimum Gasteiger partial charge on any atom is -0.465 e. The number of esters is 1. The van der Waals surface area contributed by atoms with Gasteiger partial charge in [0.2, 0.25) is 0 Å². The predicted octanol–water partition coefficient (Wildman–Crippen LogP) is 3.96. The van der Waals surface area contributed by atoms with E-state index in [9.17, 15) is 14.0 Å². The molecule has 1 aromatic heterocycles. The number of benzene rings is 2. The van der Waals surface area contributed by atoms with Gasteiger partial charge in [0.05, 0.1) is 12.7 Å². The van der Waals surface area contributed by atoms with E-state index in [2.05, 4.69) is 10.3 Å². The van der Waals surface area contributed by atoms with E-state index in [1.54, 1.807) is 31.2 Å². The number of rotatable bonds is 3. The van der Waals surface area contributed by atoms with E-state index in [1.807, 2.05) is 6.92 Å². The third-order valence-electron chi connectivity index (χ3n) is 4.06. The third-order valence-corrected chi connectivity index (χ3v) is 4.06. The number of halogens is 1. The van der Waals surface area contributed by atoms with Gasteiger partial charge >= 0.3 is 5.97 Å². The fourth-order valence-electron chi connectivity index (χ4n) is 2.69. The van der Waals surface area contributed by atoms with Crippen LogP contribution in [0.3, 0.4) is 0 Å². The van der Waals surface area contributed by atoms with Gasteiger partial charge in [-0.1, -0.05) is 6.07 Å². The number of fused-ring (bicyclic) bond motifs is 1. The quantitative estimate of drug-likeness (QED) is 0.709. The number of carbonyl (C=O) groups is 2. The fourth-order valence-corrected chi connectivity index (χ4v) is 2.69. The molecule has 0 fully saturated rings. The Hall–Kier alpha value is -3.15. The maximum absolute atomic E-state index is 13.5. The number of ether oxygens (including phenoxy) is 1. The highest BCUT2D eigenvalue weighted by Crippen LogP contribution is 2.23. The lowest BCUT2D eigenvalue weighted by atomic mass is 10.1. The second kappa shape index (κ2) is 6.39. The normalized spacial score (nSPS) is 10.7. The molecule has 5 nitrogen and oxygen atoms in total. The molecule has 3 rings (SSSR count). The van der Waals surface area contributed by atoms with Crippen LogP contribution < -0.4 is 5.32 Å². The van der Waals surface area contributed by atoms with E-state index in [4.69, 9.17) is 4.74 Å². The molecule has 0 bridgehead atoms. The number of aryl methyl sites for hydroxylation is 2. The smallest absolute Gasteiger partial charge is 0.337 e.